The Labute approximate surface area is 129 Å². The summed E-state index contributed by atoms with van der Waals surface area (Å²) in [6.07, 6.45) is 0.192. The molecule has 0 unspecified atom stereocenters. The summed E-state index contributed by atoms with van der Waals surface area (Å²) in [5.41, 5.74) is 0. The Balaban J connectivity index is 4.85. The van der Waals surface area contributed by atoms with E-state index in [1.165, 1.54) is 0 Å². The SMILES string of the molecule is CC(C)CC[N+](CCC(C)C)(CCC(O)O)CCC(O)O. The normalized spacial score (nSPS) is 13.1. The topological polar surface area (TPSA) is 80.9 Å². The highest BCUT2D eigenvalue weighted by Gasteiger charge is 2.28. The average molecular weight is 306 g/mol. The van der Waals surface area contributed by atoms with Gasteiger partial charge in [-0.15, -0.1) is 0 Å². The number of hydrogen-bond acceptors (Lipinski definition) is 4. The minimum atomic E-state index is -1.29. The van der Waals surface area contributed by atoms with E-state index in [1.807, 2.05) is 0 Å². The van der Waals surface area contributed by atoms with Gasteiger partial charge in [-0.2, -0.15) is 0 Å². The average Bonchev–Trinajstić information content (AvgIpc) is 2.36. The van der Waals surface area contributed by atoms with Gasteiger partial charge in [-0.1, -0.05) is 27.7 Å². The van der Waals surface area contributed by atoms with Crippen LogP contribution in [0.5, 0.6) is 0 Å². The number of quaternary nitrogens is 1. The minimum Gasteiger partial charge on any atom is -0.368 e. The summed E-state index contributed by atoms with van der Waals surface area (Å²) >= 11 is 0. The van der Waals surface area contributed by atoms with Crippen LogP contribution in [0.3, 0.4) is 0 Å². The maximum atomic E-state index is 9.19. The molecule has 4 N–H and O–H groups in total. The van der Waals surface area contributed by atoms with Crippen molar-refractivity contribution < 1.29 is 24.9 Å². The summed E-state index contributed by atoms with van der Waals surface area (Å²) in [5, 5.41) is 36.8. The van der Waals surface area contributed by atoms with Gasteiger partial charge in [-0.25, -0.2) is 0 Å². The summed E-state index contributed by atoms with van der Waals surface area (Å²) in [5.74, 6) is 1.17. The molecule has 0 aliphatic rings. The highest BCUT2D eigenvalue weighted by atomic mass is 16.5. The van der Waals surface area contributed by atoms with Gasteiger partial charge >= 0.3 is 0 Å². The van der Waals surface area contributed by atoms with Crippen LogP contribution < -0.4 is 0 Å². The van der Waals surface area contributed by atoms with Gasteiger partial charge in [-0.05, 0) is 24.7 Å². The highest BCUT2D eigenvalue weighted by Crippen LogP contribution is 2.19. The van der Waals surface area contributed by atoms with Crippen LogP contribution in [0, 0.1) is 11.8 Å². The molecule has 0 heterocycles. The van der Waals surface area contributed by atoms with Gasteiger partial charge in [0.05, 0.1) is 26.2 Å². The smallest absolute Gasteiger partial charge is 0.156 e. The van der Waals surface area contributed by atoms with Crippen LogP contribution in [0.4, 0.5) is 0 Å². The van der Waals surface area contributed by atoms with Crippen molar-refractivity contribution >= 4 is 0 Å². The van der Waals surface area contributed by atoms with E-state index < -0.39 is 12.6 Å². The van der Waals surface area contributed by atoms with Crippen molar-refractivity contribution in [1.82, 2.24) is 0 Å². The van der Waals surface area contributed by atoms with Crippen LogP contribution in [0.25, 0.3) is 0 Å². The van der Waals surface area contributed by atoms with Gasteiger partial charge in [0, 0.05) is 12.8 Å². The Morgan fingerprint density at radius 1 is 0.571 bits per heavy atom. The largest absolute Gasteiger partial charge is 0.368 e. The van der Waals surface area contributed by atoms with Crippen LogP contribution >= 0.6 is 0 Å². The van der Waals surface area contributed by atoms with Gasteiger partial charge in [0.25, 0.3) is 0 Å². The van der Waals surface area contributed by atoms with Gasteiger partial charge in [0.1, 0.15) is 0 Å². The number of hydrogen-bond donors (Lipinski definition) is 4. The van der Waals surface area contributed by atoms with Crippen molar-refractivity contribution in [3.8, 4) is 0 Å². The molecule has 5 nitrogen and oxygen atoms in total. The van der Waals surface area contributed by atoms with Gasteiger partial charge in [0.2, 0.25) is 0 Å². The van der Waals surface area contributed by atoms with E-state index in [2.05, 4.69) is 27.7 Å². The minimum absolute atomic E-state index is 0.331. The first-order valence-electron chi connectivity index (χ1n) is 8.24. The maximum Gasteiger partial charge on any atom is 0.156 e. The third-order valence-corrected chi connectivity index (χ3v) is 4.08. The predicted octanol–water partition coefficient (Wildman–Crippen LogP) is 1.30. The molecule has 0 atom stereocenters. The first-order chi connectivity index (χ1) is 9.67. The number of nitrogens with zero attached hydrogens (tertiary/aromatic N) is 1. The molecule has 0 amide bonds. The molecule has 5 heteroatoms. The third-order valence-electron chi connectivity index (χ3n) is 4.08. The van der Waals surface area contributed by atoms with Crippen molar-refractivity contribution in [3.63, 3.8) is 0 Å². The Morgan fingerprint density at radius 2 is 0.857 bits per heavy atom. The van der Waals surface area contributed by atoms with Crippen molar-refractivity contribution in [2.45, 2.75) is 66.0 Å². The van der Waals surface area contributed by atoms with Gasteiger partial charge < -0.3 is 24.9 Å². The second-order valence-corrected chi connectivity index (χ2v) is 7.14. The first kappa shape index (κ1) is 20.8. The Hall–Kier alpha value is -0.200. The van der Waals surface area contributed by atoms with Gasteiger partial charge in [0.15, 0.2) is 12.6 Å². The van der Waals surface area contributed by atoms with Gasteiger partial charge in [-0.3, -0.25) is 0 Å². The number of aliphatic hydroxyl groups excluding tert-OH is 2. The van der Waals surface area contributed by atoms with Crippen molar-refractivity contribution in [2.75, 3.05) is 26.2 Å². The van der Waals surface area contributed by atoms with E-state index in [0.717, 1.165) is 30.4 Å². The molecule has 21 heavy (non-hydrogen) atoms. The lowest BCUT2D eigenvalue weighted by Crippen LogP contribution is -2.52. The van der Waals surface area contributed by atoms with E-state index in [9.17, 15) is 20.4 Å². The second-order valence-electron chi connectivity index (χ2n) is 7.14. The molecule has 0 fully saturated rings. The zero-order valence-corrected chi connectivity index (χ0v) is 14.2. The Morgan fingerprint density at radius 3 is 1.10 bits per heavy atom. The standard InChI is InChI=1S/C16H36NO4/c1-13(2)5-9-17(10-6-14(3)4,11-7-15(18)19)12-8-16(20)21/h13-16,18-21H,5-12H2,1-4H3/q+1. The Bertz CT molecular complexity index is 201. The molecule has 0 bridgehead atoms. The molecule has 0 rings (SSSR count). The summed E-state index contributed by atoms with van der Waals surface area (Å²) in [7, 11) is 0. The summed E-state index contributed by atoms with van der Waals surface area (Å²) in [4.78, 5) is 0. The van der Waals surface area contributed by atoms with Crippen LogP contribution in [0.2, 0.25) is 0 Å². The van der Waals surface area contributed by atoms with Crippen LogP contribution in [-0.2, 0) is 0 Å². The molecular weight excluding hydrogens is 270 g/mol. The van der Waals surface area contributed by atoms with Crippen LogP contribution in [-0.4, -0.2) is 63.7 Å². The van der Waals surface area contributed by atoms with E-state index in [1.54, 1.807) is 0 Å². The lowest BCUT2D eigenvalue weighted by Gasteiger charge is -2.40. The number of rotatable bonds is 12. The lowest BCUT2D eigenvalue weighted by atomic mass is 10.0. The van der Waals surface area contributed by atoms with E-state index in [4.69, 9.17) is 0 Å². The molecule has 128 valence electrons. The summed E-state index contributed by atoms with van der Waals surface area (Å²) < 4.78 is 0.742. The second kappa shape index (κ2) is 10.5. The summed E-state index contributed by atoms with van der Waals surface area (Å²) in [6, 6.07) is 0. The Kier molecular flexibility index (Phi) is 10.4. The molecule has 0 saturated carbocycles. The highest BCUT2D eigenvalue weighted by molar-refractivity contribution is 4.55. The van der Waals surface area contributed by atoms with E-state index in [-0.39, 0.29) is 0 Å². The van der Waals surface area contributed by atoms with E-state index >= 15 is 0 Å². The lowest BCUT2D eigenvalue weighted by molar-refractivity contribution is -0.930. The van der Waals surface area contributed by atoms with Crippen molar-refractivity contribution in [1.29, 1.82) is 0 Å². The molecule has 0 aromatic rings. The molecule has 0 saturated heterocycles. The molecular formula is C16H36NO4+. The fourth-order valence-corrected chi connectivity index (χ4v) is 2.51. The third kappa shape index (κ3) is 11.1. The summed E-state index contributed by atoms with van der Waals surface area (Å²) in [6.45, 7) is 12.0. The fraction of sp³-hybridized carbons (Fsp3) is 1.00. The molecule has 0 radical (unpaired) electrons. The number of aliphatic hydroxyl groups is 4. The van der Waals surface area contributed by atoms with Crippen molar-refractivity contribution in [2.24, 2.45) is 11.8 Å². The zero-order valence-electron chi connectivity index (χ0n) is 14.2. The molecule has 0 aromatic heterocycles. The van der Waals surface area contributed by atoms with E-state index in [0.29, 0.717) is 37.8 Å². The maximum absolute atomic E-state index is 9.19. The fourth-order valence-electron chi connectivity index (χ4n) is 2.51. The first-order valence-corrected chi connectivity index (χ1v) is 8.24. The van der Waals surface area contributed by atoms with Crippen molar-refractivity contribution in [3.05, 3.63) is 0 Å². The molecule has 0 aromatic carbocycles. The molecule has 0 aliphatic carbocycles. The molecule has 0 aliphatic heterocycles. The van der Waals surface area contributed by atoms with Crippen LogP contribution in [0.1, 0.15) is 53.4 Å². The van der Waals surface area contributed by atoms with Crippen LogP contribution in [0.15, 0.2) is 0 Å². The zero-order chi connectivity index (χ0) is 16.5. The monoisotopic (exact) mass is 306 g/mol. The molecule has 0 spiro atoms. The predicted molar refractivity (Wildman–Crippen MR) is 84.3 cm³/mol. The quantitative estimate of drug-likeness (QED) is 0.324.